The molecule has 0 radical (unpaired) electrons. The van der Waals surface area contributed by atoms with Crippen molar-refractivity contribution >= 4 is 17.4 Å². The van der Waals surface area contributed by atoms with Gasteiger partial charge < -0.3 is 16.4 Å². The van der Waals surface area contributed by atoms with E-state index in [-0.39, 0.29) is 5.91 Å². The van der Waals surface area contributed by atoms with Crippen molar-refractivity contribution in [3.8, 4) is 0 Å². The first-order valence-corrected chi connectivity index (χ1v) is 6.39. The summed E-state index contributed by atoms with van der Waals surface area (Å²) in [6.45, 7) is 1.36. The number of carbonyl (C=O) groups is 1. The third kappa shape index (κ3) is 4.24. The summed E-state index contributed by atoms with van der Waals surface area (Å²) in [7, 11) is 0. The molecule has 104 valence electrons. The van der Waals surface area contributed by atoms with E-state index in [1.54, 1.807) is 36.8 Å². The van der Waals surface area contributed by atoms with E-state index in [4.69, 9.17) is 5.73 Å². The van der Waals surface area contributed by atoms with Crippen LogP contribution in [0.4, 0.5) is 11.5 Å². The normalized spacial score (nSPS) is 10.0. The number of aromatic nitrogens is 2. The third-order valence-corrected chi connectivity index (χ3v) is 2.70. The van der Waals surface area contributed by atoms with Gasteiger partial charge in [0.15, 0.2) is 0 Å². The minimum atomic E-state index is -0.0819. The van der Waals surface area contributed by atoms with Crippen LogP contribution in [0.25, 0.3) is 0 Å². The van der Waals surface area contributed by atoms with E-state index >= 15 is 0 Å². The molecule has 1 amide bonds. The van der Waals surface area contributed by atoms with Crippen LogP contribution >= 0.6 is 0 Å². The molecule has 0 fully saturated rings. The molecule has 0 aliphatic heterocycles. The van der Waals surface area contributed by atoms with E-state index < -0.39 is 0 Å². The van der Waals surface area contributed by atoms with Gasteiger partial charge in [-0.2, -0.15) is 0 Å². The average Bonchev–Trinajstić information content (AvgIpc) is 2.49. The van der Waals surface area contributed by atoms with Crippen molar-refractivity contribution in [3.63, 3.8) is 0 Å². The van der Waals surface area contributed by atoms with Crippen molar-refractivity contribution in [1.82, 2.24) is 15.3 Å². The first kappa shape index (κ1) is 13.8. The molecule has 20 heavy (non-hydrogen) atoms. The zero-order valence-corrected chi connectivity index (χ0v) is 11.0. The van der Waals surface area contributed by atoms with E-state index in [9.17, 15) is 4.79 Å². The van der Waals surface area contributed by atoms with Crippen molar-refractivity contribution in [2.45, 2.75) is 6.42 Å². The summed E-state index contributed by atoms with van der Waals surface area (Å²) >= 11 is 0. The second-order valence-corrected chi connectivity index (χ2v) is 4.24. The molecule has 6 nitrogen and oxygen atoms in total. The van der Waals surface area contributed by atoms with Crippen molar-refractivity contribution < 1.29 is 4.79 Å². The molecule has 0 aliphatic rings. The molecule has 0 aliphatic carbocycles. The lowest BCUT2D eigenvalue weighted by molar-refractivity contribution is 0.0953. The van der Waals surface area contributed by atoms with Crippen LogP contribution in [-0.2, 0) is 0 Å². The van der Waals surface area contributed by atoms with Gasteiger partial charge in [0.1, 0.15) is 5.82 Å². The Bertz CT molecular complexity index is 541. The summed E-state index contributed by atoms with van der Waals surface area (Å²) in [5.74, 6) is 0.418. The average molecular weight is 271 g/mol. The van der Waals surface area contributed by atoms with Crippen LogP contribution in [-0.4, -0.2) is 29.0 Å². The molecule has 0 spiro atoms. The first-order valence-electron chi connectivity index (χ1n) is 6.39. The zero-order chi connectivity index (χ0) is 14.2. The Kier molecular flexibility index (Phi) is 4.88. The highest BCUT2D eigenvalue weighted by Gasteiger charge is 2.02. The Morgan fingerprint density at radius 1 is 1.15 bits per heavy atom. The lowest BCUT2D eigenvalue weighted by Crippen LogP contribution is -2.25. The van der Waals surface area contributed by atoms with Crippen LogP contribution in [0.15, 0.2) is 42.9 Å². The van der Waals surface area contributed by atoms with Crippen LogP contribution in [0.5, 0.6) is 0 Å². The highest BCUT2D eigenvalue weighted by molar-refractivity contribution is 5.93. The topological polar surface area (TPSA) is 92.9 Å². The monoisotopic (exact) mass is 271 g/mol. The summed E-state index contributed by atoms with van der Waals surface area (Å²) < 4.78 is 0. The van der Waals surface area contributed by atoms with Crippen LogP contribution in [0, 0.1) is 0 Å². The van der Waals surface area contributed by atoms with E-state index in [0.717, 1.165) is 18.7 Å². The number of hydrogen-bond acceptors (Lipinski definition) is 5. The minimum absolute atomic E-state index is 0.0819. The lowest BCUT2D eigenvalue weighted by Gasteiger charge is -2.07. The Labute approximate surface area is 117 Å². The summed E-state index contributed by atoms with van der Waals surface area (Å²) in [5.41, 5.74) is 7.04. The molecule has 2 aromatic heterocycles. The van der Waals surface area contributed by atoms with Gasteiger partial charge in [-0.05, 0) is 30.7 Å². The van der Waals surface area contributed by atoms with Crippen molar-refractivity contribution in [3.05, 3.63) is 48.4 Å². The Balaban J connectivity index is 1.64. The summed E-state index contributed by atoms with van der Waals surface area (Å²) in [6, 6.07) is 6.99. The number of carbonyl (C=O) groups excluding carboxylic acids is 1. The summed E-state index contributed by atoms with van der Waals surface area (Å²) in [5, 5.41) is 6.06. The number of nitrogen functional groups attached to an aromatic ring is 1. The van der Waals surface area contributed by atoms with E-state index in [1.807, 2.05) is 6.07 Å². The van der Waals surface area contributed by atoms with Crippen LogP contribution in [0.2, 0.25) is 0 Å². The largest absolute Gasteiger partial charge is 0.384 e. The quantitative estimate of drug-likeness (QED) is 0.688. The molecule has 0 aromatic carbocycles. The fourth-order valence-corrected chi connectivity index (χ4v) is 1.64. The zero-order valence-electron chi connectivity index (χ0n) is 11.0. The molecule has 0 atom stereocenters. The van der Waals surface area contributed by atoms with Crippen LogP contribution < -0.4 is 16.4 Å². The minimum Gasteiger partial charge on any atom is -0.384 e. The van der Waals surface area contributed by atoms with Gasteiger partial charge in [0, 0.05) is 31.0 Å². The maximum Gasteiger partial charge on any atom is 0.251 e. The van der Waals surface area contributed by atoms with Gasteiger partial charge in [-0.25, -0.2) is 4.98 Å². The van der Waals surface area contributed by atoms with Crippen molar-refractivity contribution in [1.29, 1.82) is 0 Å². The second-order valence-electron chi connectivity index (χ2n) is 4.24. The highest BCUT2D eigenvalue weighted by atomic mass is 16.1. The van der Waals surface area contributed by atoms with Gasteiger partial charge in [0.25, 0.3) is 5.91 Å². The number of amides is 1. The molecule has 2 aromatic rings. The van der Waals surface area contributed by atoms with Gasteiger partial charge in [-0.1, -0.05) is 0 Å². The molecule has 0 saturated heterocycles. The molecule has 4 N–H and O–H groups in total. The maximum atomic E-state index is 11.7. The maximum absolute atomic E-state index is 11.7. The lowest BCUT2D eigenvalue weighted by atomic mass is 10.2. The van der Waals surface area contributed by atoms with Gasteiger partial charge in [-0.15, -0.1) is 0 Å². The summed E-state index contributed by atoms with van der Waals surface area (Å²) in [6.07, 6.45) is 5.71. The predicted molar refractivity (Wildman–Crippen MR) is 78.3 cm³/mol. The Hall–Kier alpha value is -2.63. The number of nitrogens with zero attached hydrogens (tertiary/aromatic N) is 2. The number of pyridine rings is 2. The van der Waals surface area contributed by atoms with Gasteiger partial charge in [0.2, 0.25) is 0 Å². The van der Waals surface area contributed by atoms with Crippen molar-refractivity contribution in [2.24, 2.45) is 0 Å². The fourth-order valence-electron chi connectivity index (χ4n) is 1.64. The second kappa shape index (κ2) is 7.08. The van der Waals surface area contributed by atoms with Crippen LogP contribution in [0.3, 0.4) is 0 Å². The number of hydrogen-bond donors (Lipinski definition) is 3. The smallest absolute Gasteiger partial charge is 0.251 e. The molecule has 6 heteroatoms. The number of nitrogens with two attached hydrogens (primary N) is 1. The van der Waals surface area contributed by atoms with E-state index in [1.165, 1.54) is 0 Å². The highest BCUT2D eigenvalue weighted by Crippen LogP contribution is 2.06. The Morgan fingerprint density at radius 3 is 2.65 bits per heavy atom. The van der Waals surface area contributed by atoms with E-state index in [0.29, 0.717) is 17.9 Å². The predicted octanol–water partition coefficient (Wildman–Crippen LogP) is 1.29. The number of nitrogens with one attached hydrogen (secondary N) is 2. The molecule has 0 saturated carbocycles. The molecule has 2 heterocycles. The van der Waals surface area contributed by atoms with Gasteiger partial charge in [-0.3, -0.25) is 9.78 Å². The third-order valence-electron chi connectivity index (χ3n) is 2.70. The molecular formula is C14H17N5O. The molecule has 0 bridgehead atoms. The SMILES string of the molecule is Nc1ccc(NCCCNC(=O)c2ccncc2)cn1. The molecule has 0 unspecified atom stereocenters. The van der Waals surface area contributed by atoms with Crippen molar-refractivity contribution in [2.75, 3.05) is 24.1 Å². The first-order chi connectivity index (χ1) is 9.75. The van der Waals surface area contributed by atoms with Gasteiger partial charge in [0.05, 0.1) is 11.9 Å². The number of rotatable bonds is 6. The van der Waals surface area contributed by atoms with Gasteiger partial charge >= 0.3 is 0 Å². The Morgan fingerprint density at radius 2 is 1.95 bits per heavy atom. The fraction of sp³-hybridized carbons (Fsp3) is 0.214. The number of anilines is 2. The standard InChI is InChI=1S/C14H17N5O/c15-13-3-2-12(10-19-13)17-6-1-7-18-14(20)11-4-8-16-9-5-11/h2-5,8-10,17H,1,6-7H2,(H2,15,19)(H,18,20). The molecular weight excluding hydrogens is 254 g/mol. The summed E-state index contributed by atoms with van der Waals surface area (Å²) in [4.78, 5) is 19.6. The molecule has 2 rings (SSSR count). The van der Waals surface area contributed by atoms with E-state index in [2.05, 4.69) is 20.6 Å². The van der Waals surface area contributed by atoms with Crippen LogP contribution in [0.1, 0.15) is 16.8 Å².